The van der Waals surface area contributed by atoms with Crippen molar-refractivity contribution in [1.29, 1.82) is 0 Å². The van der Waals surface area contributed by atoms with Crippen LogP contribution in [-0.2, 0) is 19.9 Å². The molecule has 1 saturated heterocycles. The van der Waals surface area contributed by atoms with E-state index in [1.54, 1.807) is 13.8 Å². The molecule has 0 amide bonds. The highest BCUT2D eigenvalue weighted by atomic mass is 32.2. The van der Waals surface area contributed by atoms with E-state index >= 15 is 0 Å². The third-order valence-electron chi connectivity index (χ3n) is 4.23. The largest absolute Gasteiger partial charge is 0.243 e. The summed E-state index contributed by atoms with van der Waals surface area (Å²) in [4.78, 5) is 0.320. The number of aryl methyl sites for hydroxylation is 3. The van der Waals surface area contributed by atoms with E-state index in [2.05, 4.69) is 0 Å². The second-order valence-corrected chi connectivity index (χ2v) is 10.5. The molecular formula is C16H25NO4S2. The first-order chi connectivity index (χ1) is 10.6. The van der Waals surface area contributed by atoms with Crippen LogP contribution in [0, 0.1) is 20.8 Å². The highest BCUT2D eigenvalue weighted by Crippen LogP contribution is 2.29. The van der Waals surface area contributed by atoms with Crippen LogP contribution in [0.3, 0.4) is 0 Å². The van der Waals surface area contributed by atoms with Crippen LogP contribution in [0.25, 0.3) is 0 Å². The van der Waals surface area contributed by atoms with Crippen molar-refractivity contribution in [1.82, 2.24) is 4.31 Å². The lowest BCUT2D eigenvalue weighted by Crippen LogP contribution is -2.42. The average Bonchev–Trinajstić information content (AvgIpc) is 2.74. The van der Waals surface area contributed by atoms with Gasteiger partial charge in [-0.15, -0.1) is 0 Å². The summed E-state index contributed by atoms with van der Waals surface area (Å²) >= 11 is 0. The molecule has 1 aromatic carbocycles. The molecule has 1 aliphatic heterocycles. The number of hydrogen-bond acceptors (Lipinski definition) is 4. The fraction of sp³-hybridized carbons (Fsp3) is 0.625. The molecule has 0 radical (unpaired) electrons. The van der Waals surface area contributed by atoms with Gasteiger partial charge in [0, 0.05) is 12.6 Å². The van der Waals surface area contributed by atoms with Gasteiger partial charge in [0.05, 0.1) is 16.4 Å². The molecule has 0 spiro atoms. The molecule has 1 aromatic rings. The van der Waals surface area contributed by atoms with E-state index in [9.17, 15) is 16.8 Å². The van der Waals surface area contributed by atoms with E-state index < -0.39 is 25.9 Å². The Labute approximate surface area is 139 Å². The van der Waals surface area contributed by atoms with Crippen LogP contribution in [-0.4, -0.2) is 45.2 Å². The van der Waals surface area contributed by atoms with Crippen molar-refractivity contribution in [2.75, 3.05) is 18.1 Å². The Morgan fingerprint density at radius 3 is 2.17 bits per heavy atom. The molecule has 0 aromatic heterocycles. The van der Waals surface area contributed by atoms with Gasteiger partial charge in [0.15, 0.2) is 9.84 Å². The number of nitrogens with zero attached hydrogens (tertiary/aromatic N) is 1. The van der Waals surface area contributed by atoms with Crippen LogP contribution < -0.4 is 0 Å². The number of sulfone groups is 1. The van der Waals surface area contributed by atoms with Crippen LogP contribution in [0.15, 0.2) is 17.0 Å². The maximum atomic E-state index is 13.2. The molecule has 7 heteroatoms. The molecule has 0 saturated carbocycles. The van der Waals surface area contributed by atoms with Crippen LogP contribution in [0.4, 0.5) is 0 Å². The maximum absolute atomic E-state index is 13.2. The summed E-state index contributed by atoms with van der Waals surface area (Å²) in [7, 11) is -6.84. The molecule has 5 nitrogen and oxygen atoms in total. The Hall–Kier alpha value is -0.920. The number of hydrogen-bond donors (Lipinski definition) is 0. The Balaban J connectivity index is 2.50. The molecule has 130 valence electrons. The molecule has 1 heterocycles. The van der Waals surface area contributed by atoms with Gasteiger partial charge in [0.1, 0.15) is 0 Å². The van der Waals surface area contributed by atoms with Crippen LogP contribution in [0.1, 0.15) is 36.5 Å². The van der Waals surface area contributed by atoms with Crippen LogP contribution >= 0.6 is 0 Å². The van der Waals surface area contributed by atoms with E-state index in [1.165, 1.54) is 4.31 Å². The van der Waals surface area contributed by atoms with E-state index in [0.717, 1.165) is 5.56 Å². The van der Waals surface area contributed by atoms with Crippen molar-refractivity contribution >= 4 is 19.9 Å². The highest BCUT2D eigenvalue weighted by molar-refractivity contribution is 7.92. The third-order valence-corrected chi connectivity index (χ3v) is 8.24. The topological polar surface area (TPSA) is 71.5 Å². The summed E-state index contributed by atoms with van der Waals surface area (Å²) in [5, 5.41) is 0. The fourth-order valence-corrected chi connectivity index (χ4v) is 7.40. The molecule has 1 fully saturated rings. The Morgan fingerprint density at radius 2 is 1.74 bits per heavy atom. The minimum Gasteiger partial charge on any atom is -0.229 e. The van der Waals surface area contributed by atoms with Crippen molar-refractivity contribution in [3.05, 3.63) is 28.8 Å². The number of benzene rings is 1. The minimum absolute atomic E-state index is 0.0687. The van der Waals surface area contributed by atoms with Crippen molar-refractivity contribution in [3.63, 3.8) is 0 Å². The zero-order chi connectivity index (χ0) is 17.4. The highest BCUT2D eigenvalue weighted by Gasteiger charge is 2.39. The smallest absolute Gasteiger partial charge is 0.229 e. The molecule has 2 rings (SSSR count). The quantitative estimate of drug-likeness (QED) is 0.808. The van der Waals surface area contributed by atoms with Gasteiger partial charge in [0.2, 0.25) is 10.0 Å². The van der Waals surface area contributed by atoms with E-state index in [0.29, 0.717) is 35.4 Å². The third kappa shape index (κ3) is 3.78. The fourth-order valence-electron chi connectivity index (χ4n) is 3.41. The first kappa shape index (κ1) is 18.4. The first-order valence-corrected chi connectivity index (χ1v) is 11.1. The first-order valence-electron chi connectivity index (χ1n) is 7.88. The summed E-state index contributed by atoms with van der Waals surface area (Å²) in [6.45, 7) is 7.77. The molecule has 1 aliphatic rings. The predicted molar refractivity (Wildman–Crippen MR) is 91.9 cm³/mol. The van der Waals surface area contributed by atoms with Gasteiger partial charge in [-0.2, -0.15) is 4.31 Å². The van der Waals surface area contributed by atoms with Crippen LogP contribution in [0.2, 0.25) is 0 Å². The number of sulfonamides is 1. The monoisotopic (exact) mass is 359 g/mol. The minimum atomic E-state index is -3.71. The Kier molecular flexibility index (Phi) is 5.23. The van der Waals surface area contributed by atoms with Crippen molar-refractivity contribution in [3.8, 4) is 0 Å². The van der Waals surface area contributed by atoms with Crippen LogP contribution in [0.5, 0.6) is 0 Å². The molecule has 1 unspecified atom stereocenters. The van der Waals surface area contributed by atoms with Gasteiger partial charge >= 0.3 is 0 Å². The summed E-state index contributed by atoms with van der Waals surface area (Å²) in [5.41, 5.74) is 2.44. The lowest BCUT2D eigenvalue weighted by molar-refractivity contribution is 0.340. The van der Waals surface area contributed by atoms with Crippen molar-refractivity contribution in [2.24, 2.45) is 0 Å². The second-order valence-electron chi connectivity index (χ2n) is 6.40. The molecule has 0 N–H and O–H groups in total. The second kappa shape index (κ2) is 6.53. The SMILES string of the molecule is CCCN(C1CCS(=O)(=O)C1)S(=O)(=O)c1c(C)cc(C)cc1C. The standard InChI is InChI=1S/C16H25NO4S2/c1-5-7-17(15-6-8-22(18,19)11-15)23(20,21)16-13(3)9-12(2)10-14(16)4/h9-10,15H,5-8,11H2,1-4H3. The lowest BCUT2D eigenvalue weighted by Gasteiger charge is -2.28. The van der Waals surface area contributed by atoms with Gasteiger partial charge in [-0.05, 0) is 44.7 Å². The van der Waals surface area contributed by atoms with Gasteiger partial charge in [-0.25, -0.2) is 16.8 Å². The van der Waals surface area contributed by atoms with Gasteiger partial charge in [-0.3, -0.25) is 0 Å². The van der Waals surface area contributed by atoms with Gasteiger partial charge in [-0.1, -0.05) is 24.6 Å². The maximum Gasteiger partial charge on any atom is 0.243 e. The predicted octanol–water partition coefficient (Wildman–Crippen LogP) is 2.20. The molecular weight excluding hydrogens is 334 g/mol. The van der Waals surface area contributed by atoms with Crippen molar-refractivity contribution in [2.45, 2.75) is 51.5 Å². The summed E-state index contributed by atoms with van der Waals surface area (Å²) < 4.78 is 51.4. The molecule has 0 aliphatic carbocycles. The molecule has 0 bridgehead atoms. The zero-order valence-corrected chi connectivity index (χ0v) is 15.8. The molecule has 23 heavy (non-hydrogen) atoms. The van der Waals surface area contributed by atoms with Crippen molar-refractivity contribution < 1.29 is 16.8 Å². The van der Waals surface area contributed by atoms with E-state index in [-0.39, 0.29) is 11.5 Å². The summed E-state index contributed by atoms with van der Waals surface area (Å²) in [6, 6.07) is 3.26. The summed E-state index contributed by atoms with van der Waals surface area (Å²) in [5.74, 6) is -0.00451. The van der Waals surface area contributed by atoms with Gasteiger partial charge < -0.3 is 0 Å². The normalized spacial score (nSPS) is 21.0. The lowest BCUT2D eigenvalue weighted by atomic mass is 10.1. The van der Waals surface area contributed by atoms with E-state index in [1.807, 2.05) is 26.0 Å². The Bertz CT molecular complexity index is 774. The zero-order valence-electron chi connectivity index (χ0n) is 14.2. The van der Waals surface area contributed by atoms with Gasteiger partial charge in [0.25, 0.3) is 0 Å². The number of rotatable bonds is 5. The summed E-state index contributed by atoms with van der Waals surface area (Å²) in [6.07, 6.45) is 1.03. The average molecular weight is 360 g/mol. The molecule has 1 atom stereocenters. The van der Waals surface area contributed by atoms with E-state index in [4.69, 9.17) is 0 Å². The Morgan fingerprint density at radius 1 is 1.17 bits per heavy atom.